The first kappa shape index (κ1) is 8.07. The number of rotatable bonds is 0. The highest BCUT2D eigenvalue weighted by Gasteiger charge is 2.29. The number of hydrogen-bond donors (Lipinski definition) is 0. The van der Waals surface area contributed by atoms with Gasteiger partial charge < -0.3 is 0 Å². The topological polar surface area (TPSA) is 41.8 Å². The quantitative estimate of drug-likeness (QED) is 0.589. The molecule has 0 fully saturated rings. The Bertz CT molecular complexity index is 319. The van der Waals surface area contributed by atoms with Gasteiger partial charge in [-0.2, -0.15) is 4.99 Å². The van der Waals surface area contributed by atoms with Gasteiger partial charge in [0.2, 0.25) is 0 Å². The van der Waals surface area contributed by atoms with Crippen LogP contribution in [-0.2, 0) is 4.79 Å². The summed E-state index contributed by atoms with van der Waals surface area (Å²) in [6, 6.07) is 0. The monoisotopic (exact) mass is 198 g/mol. The van der Waals surface area contributed by atoms with Gasteiger partial charge in [0.15, 0.2) is 5.17 Å². The maximum Gasteiger partial charge on any atom is 0.267 e. The first-order valence-electron chi connectivity index (χ1n) is 3.38. The van der Waals surface area contributed by atoms with Crippen molar-refractivity contribution in [1.29, 1.82) is 0 Å². The van der Waals surface area contributed by atoms with E-state index in [-0.39, 0.29) is 11.2 Å². The van der Waals surface area contributed by atoms with Crippen LogP contribution in [0.3, 0.4) is 0 Å². The third kappa shape index (κ3) is 1.23. The first-order valence-corrected chi connectivity index (χ1v) is 5.55. The summed E-state index contributed by atoms with van der Waals surface area (Å²) in [6.45, 7) is 0. The molecule has 12 heavy (non-hydrogen) atoms. The van der Waals surface area contributed by atoms with Gasteiger partial charge in [0.05, 0.1) is 5.71 Å². The van der Waals surface area contributed by atoms with Crippen molar-refractivity contribution in [2.24, 2.45) is 9.98 Å². The lowest BCUT2D eigenvalue weighted by Gasteiger charge is -2.10. The summed E-state index contributed by atoms with van der Waals surface area (Å²) in [6.07, 6.45) is 3.74. The van der Waals surface area contributed by atoms with Gasteiger partial charge in [-0.25, -0.2) is 4.99 Å². The summed E-state index contributed by atoms with van der Waals surface area (Å²) in [4.78, 5) is 19.4. The number of nitrogens with zero attached hydrogens (tertiary/aromatic N) is 2. The molecule has 1 amide bonds. The fourth-order valence-corrected chi connectivity index (χ4v) is 2.20. The third-order valence-corrected chi connectivity index (χ3v) is 3.12. The molecule has 0 saturated heterocycles. The largest absolute Gasteiger partial charge is 0.271 e. The maximum absolute atomic E-state index is 11.3. The number of thioether (sulfide) groups is 2. The Morgan fingerprint density at radius 2 is 2.42 bits per heavy atom. The number of aliphatic imine (C=N–C) groups is 2. The van der Waals surface area contributed by atoms with Crippen LogP contribution < -0.4 is 0 Å². The van der Waals surface area contributed by atoms with Crippen LogP contribution in [0.15, 0.2) is 21.5 Å². The molecule has 3 nitrogen and oxygen atoms in total. The van der Waals surface area contributed by atoms with Crippen molar-refractivity contribution >= 4 is 40.3 Å². The van der Waals surface area contributed by atoms with Crippen LogP contribution >= 0.6 is 23.5 Å². The number of amidine groups is 1. The zero-order valence-corrected chi connectivity index (χ0v) is 7.98. The van der Waals surface area contributed by atoms with Crippen LogP contribution in [0.1, 0.15) is 0 Å². The summed E-state index contributed by atoms with van der Waals surface area (Å²) in [5.41, 5.74) is 0.837. The van der Waals surface area contributed by atoms with Gasteiger partial charge in [0.1, 0.15) is 5.25 Å². The Morgan fingerprint density at radius 1 is 1.58 bits per heavy atom. The maximum atomic E-state index is 11.3. The minimum absolute atomic E-state index is 0.0839. The van der Waals surface area contributed by atoms with E-state index in [4.69, 9.17) is 0 Å². The van der Waals surface area contributed by atoms with E-state index in [0.29, 0.717) is 5.17 Å². The summed E-state index contributed by atoms with van der Waals surface area (Å²) in [7, 11) is 0. The van der Waals surface area contributed by atoms with Gasteiger partial charge in [-0.05, 0) is 17.7 Å². The molecule has 0 spiro atoms. The van der Waals surface area contributed by atoms with Gasteiger partial charge in [0, 0.05) is 0 Å². The molecular weight excluding hydrogens is 192 g/mol. The standard InChI is InChI=1S/C7H6N2OS2/c1-11-7-8-4-2-3-12-5(4)6(10)9-7/h2-3,5H,1H3. The molecule has 0 N–H and O–H groups in total. The number of allylic oxidation sites excluding steroid dienone is 1. The van der Waals surface area contributed by atoms with Gasteiger partial charge in [-0.1, -0.05) is 11.8 Å². The Hall–Kier alpha value is -0.550. The lowest BCUT2D eigenvalue weighted by Crippen LogP contribution is -2.26. The van der Waals surface area contributed by atoms with Gasteiger partial charge >= 0.3 is 0 Å². The summed E-state index contributed by atoms with van der Waals surface area (Å²) in [5.74, 6) is -0.0839. The van der Waals surface area contributed by atoms with E-state index in [1.165, 1.54) is 23.5 Å². The van der Waals surface area contributed by atoms with E-state index in [1.807, 2.05) is 17.7 Å². The molecule has 0 aromatic heterocycles. The Morgan fingerprint density at radius 3 is 3.17 bits per heavy atom. The van der Waals surface area contributed by atoms with E-state index in [2.05, 4.69) is 9.98 Å². The van der Waals surface area contributed by atoms with E-state index in [1.54, 1.807) is 0 Å². The molecule has 1 unspecified atom stereocenters. The van der Waals surface area contributed by atoms with Crippen LogP contribution in [0, 0.1) is 0 Å². The first-order chi connectivity index (χ1) is 5.81. The summed E-state index contributed by atoms with van der Waals surface area (Å²) in [5, 5.41) is 2.29. The average Bonchev–Trinajstić information content (AvgIpc) is 2.52. The molecule has 0 radical (unpaired) electrons. The summed E-state index contributed by atoms with van der Waals surface area (Å²) >= 11 is 2.87. The highest BCUT2D eigenvalue weighted by atomic mass is 32.2. The smallest absolute Gasteiger partial charge is 0.267 e. The van der Waals surface area contributed by atoms with Gasteiger partial charge in [-0.15, -0.1) is 11.8 Å². The van der Waals surface area contributed by atoms with Crippen molar-refractivity contribution in [2.75, 3.05) is 6.26 Å². The Labute approximate surface area is 78.4 Å². The minimum atomic E-state index is -0.166. The number of fused-ring (bicyclic) bond motifs is 1. The Balaban J connectivity index is 2.35. The van der Waals surface area contributed by atoms with E-state index in [0.717, 1.165) is 5.71 Å². The lowest BCUT2D eigenvalue weighted by atomic mass is 10.2. The molecule has 0 aliphatic carbocycles. The molecule has 2 aliphatic heterocycles. The predicted molar refractivity (Wildman–Crippen MR) is 53.9 cm³/mol. The molecule has 2 heterocycles. The second-order valence-corrected chi connectivity index (χ2v) is 4.08. The van der Waals surface area contributed by atoms with Crippen molar-refractivity contribution in [1.82, 2.24) is 0 Å². The van der Waals surface area contributed by atoms with Gasteiger partial charge in [-0.3, -0.25) is 4.79 Å². The zero-order valence-electron chi connectivity index (χ0n) is 6.35. The fourth-order valence-electron chi connectivity index (χ4n) is 1.00. The van der Waals surface area contributed by atoms with Crippen LogP contribution in [0.2, 0.25) is 0 Å². The average molecular weight is 198 g/mol. The van der Waals surface area contributed by atoms with Crippen LogP contribution in [0.25, 0.3) is 0 Å². The van der Waals surface area contributed by atoms with Crippen molar-refractivity contribution in [3.8, 4) is 0 Å². The normalized spacial score (nSPS) is 26.8. The van der Waals surface area contributed by atoms with Crippen molar-refractivity contribution in [3.63, 3.8) is 0 Å². The molecule has 0 bridgehead atoms. The van der Waals surface area contributed by atoms with E-state index < -0.39 is 0 Å². The van der Waals surface area contributed by atoms with Crippen molar-refractivity contribution in [2.45, 2.75) is 5.25 Å². The number of amides is 1. The predicted octanol–water partition coefficient (Wildman–Crippen LogP) is 1.32. The molecule has 0 saturated carbocycles. The van der Waals surface area contributed by atoms with Crippen LogP contribution in [-0.4, -0.2) is 28.3 Å². The summed E-state index contributed by atoms with van der Waals surface area (Å²) < 4.78 is 0. The third-order valence-electron chi connectivity index (χ3n) is 1.56. The minimum Gasteiger partial charge on any atom is -0.271 e. The van der Waals surface area contributed by atoms with Crippen molar-refractivity contribution in [3.05, 3.63) is 11.5 Å². The zero-order chi connectivity index (χ0) is 8.55. The van der Waals surface area contributed by atoms with Crippen molar-refractivity contribution < 1.29 is 4.79 Å². The number of hydrogen-bond acceptors (Lipinski definition) is 4. The molecule has 0 aromatic carbocycles. The fraction of sp³-hybridized carbons (Fsp3) is 0.286. The van der Waals surface area contributed by atoms with Crippen LogP contribution in [0.4, 0.5) is 0 Å². The van der Waals surface area contributed by atoms with Crippen LogP contribution in [0.5, 0.6) is 0 Å². The number of carbonyl (C=O) groups is 1. The SMILES string of the molecule is CSC1=NC(=O)C2SC=CC2=N1. The second kappa shape index (κ2) is 3.06. The molecular formula is C7H6N2OS2. The van der Waals surface area contributed by atoms with Gasteiger partial charge in [0.25, 0.3) is 5.91 Å². The van der Waals surface area contributed by atoms with E-state index in [9.17, 15) is 4.79 Å². The molecule has 1 atom stereocenters. The molecule has 2 rings (SSSR count). The molecule has 62 valence electrons. The molecule has 0 aromatic rings. The number of carbonyl (C=O) groups excluding carboxylic acids is 1. The highest BCUT2D eigenvalue weighted by molar-refractivity contribution is 8.13. The molecule has 5 heteroatoms. The van der Waals surface area contributed by atoms with E-state index >= 15 is 0 Å². The second-order valence-electron chi connectivity index (χ2n) is 2.29. The Kier molecular flexibility index (Phi) is 2.06. The highest BCUT2D eigenvalue weighted by Crippen LogP contribution is 2.26. The molecule has 2 aliphatic rings. The lowest BCUT2D eigenvalue weighted by molar-refractivity contribution is -0.116.